The average Bonchev–Trinajstić information content (AvgIpc) is 3.27. The molecule has 0 radical (unpaired) electrons. The van der Waals surface area contributed by atoms with Gasteiger partial charge in [0.05, 0.1) is 0 Å². The Balaban J connectivity index is 1.35. The molecule has 22 heavy (non-hydrogen) atoms. The molecule has 2 N–H and O–H groups in total. The Kier molecular flexibility index (Phi) is 3.29. The van der Waals surface area contributed by atoms with Crippen LogP contribution in [0.2, 0.25) is 0 Å². The molecule has 1 aromatic carbocycles. The SMILES string of the molecule is O=C(NCc1cccnc1)NC1C2CCc3ccccc3C21. The molecule has 2 aliphatic rings. The first-order valence-electron chi connectivity index (χ1n) is 7.84. The molecule has 2 amide bonds. The van der Waals surface area contributed by atoms with Gasteiger partial charge in [-0.3, -0.25) is 4.98 Å². The Morgan fingerprint density at radius 1 is 1.23 bits per heavy atom. The molecule has 3 atom stereocenters. The second-order valence-corrected chi connectivity index (χ2v) is 6.14. The van der Waals surface area contributed by atoms with Gasteiger partial charge in [0.2, 0.25) is 0 Å². The summed E-state index contributed by atoms with van der Waals surface area (Å²) in [6.07, 6.45) is 5.81. The summed E-state index contributed by atoms with van der Waals surface area (Å²) >= 11 is 0. The molecule has 3 unspecified atom stereocenters. The van der Waals surface area contributed by atoms with Gasteiger partial charge >= 0.3 is 6.03 Å². The molecule has 0 saturated heterocycles. The number of aromatic nitrogens is 1. The number of fused-ring (bicyclic) bond motifs is 3. The molecule has 2 aliphatic carbocycles. The maximum absolute atomic E-state index is 12.1. The lowest BCUT2D eigenvalue weighted by Crippen LogP contribution is -2.37. The number of benzene rings is 1. The number of pyridine rings is 1. The molecule has 4 nitrogen and oxygen atoms in total. The first-order chi connectivity index (χ1) is 10.8. The van der Waals surface area contributed by atoms with E-state index in [9.17, 15) is 4.79 Å². The minimum absolute atomic E-state index is 0.0827. The third-order valence-electron chi connectivity index (χ3n) is 4.80. The summed E-state index contributed by atoms with van der Waals surface area (Å²) in [4.78, 5) is 16.1. The molecule has 0 bridgehead atoms. The smallest absolute Gasteiger partial charge is 0.315 e. The van der Waals surface area contributed by atoms with Crippen molar-refractivity contribution in [1.82, 2.24) is 15.6 Å². The van der Waals surface area contributed by atoms with E-state index in [0.717, 1.165) is 12.0 Å². The first-order valence-corrected chi connectivity index (χ1v) is 7.84. The zero-order valence-electron chi connectivity index (χ0n) is 12.3. The fraction of sp³-hybridized carbons (Fsp3) is 0.333. The zero-order valence-corrected chi connectivity index (χ0v) is 12.3. The van der Waals surface area contributed by atoms with Gasteiger partial charge in [0.15, 0.2) is 0 Å². The monoisotopic (exact) mass is 293 g/mol. The number of urea groups is 1. The van der Waals surface area contributed by atoms with Crippen LogP contribution in [0.25, 0.3) is 0 Å². The van der Waals surface area contributed by atoms with Gasteiger partial charge in [0, 0.05) is 30.9 Å². The predicted octanol–water partition coefficient (Wildman–Crippen LogP) is 2.61. The number of carbonyl (C=O) groups excluding carboxylic acids is 1. The highest BCUT2D eigenvalue weighted by Crippen LogP contribution is 2.54. The largest absolute Gasteiger partial charge is 0.334 e. The van der Waals surface area contributed by atoms with Crippen LogP contribution in [0.4, 0.5) is 4.79 Å². The Bertz CT molecular complexity index is 686. The third-order valence-corrected chi connectivity index (χ3v) is 4.80. The molecule has 4 heteroatoms. The van der Waals surface area contributed by atoms with Gasteiger partial charge in [-0.25, -0.2) is 4.79 Å². The van der Waals surface area contributed by atoms with Crippen LogP contribution in [0, 0.1) is 5.92 Å². The Labute approximate surface area is 130 Å². The van der Waals surface area contributed by atoms with Crippen molar-refractivity contribution in [1.29, 1.82) is 0 Å². The number of nitrogens with one attached hydrogen (secondary N) is 2. The van der Waals surface area contributed by atoms with E-state index >= 15 is 0 Å². The molecule has 112 valence electrons. The average molecular weight is 293 g/mol. The highest BCUT2D eigenvalue weighted by Gasteiger charge is 2.53. The van der Waals surface area contributed by atoms with Crippen LogP contribution in [0.3, 0.4) is 0 Å². The fourth-order valence-electron chi connectivity index (χ4n) is 3.65. The van der Waals surface area contributed by atoms with Crippen molar-refractivity contribution in [2.45, 2.75) is 31.3 Å². The van der Waals surface area contributed by atoms with Crippen LogP contribution in [0.1, 0.15) is 29.0 Å². The van der Waals surface area contributed by atoms with Crippen LogP contribution in [-0.2, 0) is 13.0 Å². The van der Waals surface area contributed by atoms with E-state index < -0.39 is 0 Å². The molecule has 1 fully saturated rings. The van der Waals surface area contributed by atoms with Gasteiger partial charge in [-0.05, 0) is 41.5 Å². The summed E-state index contributed by atoms with van der Waals surface area (Å²) in [7, 11) is 0. The van der Waals surface area contributed by atoms with Gasteiger partial charge in [-0.2, -0.15) is 0 Å². The molecular formula is C18H19N3O. The number of hydrogen-bond acceptors (Lipinski definition) is 2. The summed E-state index contributed by atoms with van der Waals surface area (Å²) in [5.41, 5.74) is 3.89. The van der Waals surface area contributed by atoms with Gasteiger partial charge in [-0.1, -0.05) is 30.3 Å². The maximum Gasteiger partial charge on any atom is 0.315 e. The second-order valence-electron chi connectivity index (χ2n) is 6.14. The zero-order chi connectivity index (χ0) is 14.9. The molecule has 0 spiro atoms. The summed E-state index contributed by atoms with van der Waals surface area (Å²) in [5.74, 6) is 1.12. The van der Waals surface area contributed by atoms with E-state index in [0.29, 0.717) is 18.4 Å². The van der Waals surface area contributed by atoms with E-state index in [-0.39, 0.29) is 12.1 Å². The molecular weight excluding hydrogens is 274 g/mol. The second kappa shape index (κ2) is 5.44. The molecule has 1 saturated carbocycles. The molecule has 1 heterocycles. The Hall–Kier alpha value is -2.36. The van der Waals surface area contributed by atoms with Gasteiger partial charge in [-0.15, -0.1) is 0 Å². The van der Waals surface area contributed by atoms with Crippen molar-refractivity contribution in [3.63, 3.8) is 0 Å². The van der Waals surface area contributed by atoms with Crippen LogP contribution >= 0.6 is 0 Å². The highest BCUT2D eigenvalue weighted by atomic mass is 16.2. The summed E-state index contributed by atoms with van der Waals surface area (Å²) in [5, 5.41) is 6.05. The first kappa shape index (κ1) is 13.3. The van der Waals surface area contributed by atoms with Gasteiger partial charge in [0.1, 0.15) is 0 Å². The summed E-state index contributed by atoms with van der Waals surface area (Å²) < 4.78 is 0. The van der Waals surface area contributed by atoms with Crippen molar-refractivity contribution in [3.05, 3.63) is 65.5 Å². The van der Waals surface area contributed by atoms with Crippen LogP contribution < -0.4 is 10.6 Å². The van der Waals surface area contributed by atoms with E-state index in [1.165, 1.54) is 17.5 Å². The Morgan fingerprint density at radius 2 is 2.14 bits per heavy atom. The summed E-state index contributed by atoms with van der Waals surface area (Å²) in [6.45, 7) is 0.512. The quantitative estimate of drug-likeness (QED) is 0.914. The molecule has 0 aliphatic heterocycles. The number of amides is 2. The number of rotatable bonds is 3. The lowest BCUT2D eigenvalue weighted by molar-refractivity contribution is 0.239. The number of aryl methyl sites for hydroxylation is 1. The van der Waals surface area contributed by atoms with Gasteiger partial charge in [0.25, 0.3) is 0 Å². The van der Waals surface area contributed by atoms with Crippen LogP contribution in [0.15, 0.2) is 48.8 Å². The van der Waals surface area contributed by atoms with E-state index in [2.05, 4.69) is 39.9 Å². The van der Waals surface area contributed by atoms with Crippen molar-refractivity contribution in [2.24, 2.45) is 5.92 Å². The topological polar surface area (TPSA) is 54.0 Å². The van der Waals surface area contributed by atoms with Crippen LogP contribution in [0.5, 0.6) is 0 Å². The third kappa shape index (κ3) is 2.45. The minimum atomic E-state index is -0.0827. The number of nitrogens with zero attached hydrogens (tertiary/aromatic N) is 1. The Morgan fingerprint density at radius 3 is 3.00 bits per heavy atom. The van der Waals surface area contributed by atoms with Crippen molar-refractivity contribution >= 4 is 6.03 Å². The minimum Gasteiger partial charge on any atom is -0.334 e. The van der Waals surface area contributed by atoms with Crippen molar-refractivity contribution in [2.75, 3.05) is 0 Å². The standard InChI is InChI=1S/C18H19N3O/c22-18(20-11-12-4-3-9-19-10-12)21-17-15-8-7-13-5-1-2-6-14(13)16(15)17/h1-6,9-10,15-17H,7-8,11H2,(H2,20,21,22). The maximum atomic E-state index is 12.1. The molecule has 4 rings (SSSR count). The summed E-state index contributed by atoms with van der Waals surface area (Å²) in [6, 6.07) is 12.7. The number of carbonyl (C=O) groups is 1. The normalized spacial score (nSPS) is 24.8. The van der Waals surface area contributed by atoms with Crippen LogP contribution in [-0.4, -0.2) is 17.1 Å². The predicted molar refractivity (Wildman–Crippen MR) is 84.4 cm³/mol. The van der Waals surface area contributed by atoms with Crippen molar-refractivity contribution in [3.8, 4) is 0 Å². The van der Waals surface area contributed by atoms with Gasteiger partial charge < -0.3 is 10.6 Å². The van der Waals surface area contributed by atoms with E-state index in [1.54, 1.807) is 12.4 Å². The molecule has 2 aromatic rings. The van der Waals surface area contributed by atoms with E-state index in [4.69, 9.17) is 0 Å². The van der Waals surface area contributed by atoms with E-state index in [1.807, 2.05) is 12.1 Å². The highest BCUT2D eigenvalue weighted by molar-refractivity contribution is 5.75. The fourth-order valence-corrected chi connectivity index (χ4v) is 3.65. The molecule has 1 aromatic heterocycles. The number of hydrogen-bond donors (Lipinski definition) is 2. The lowest BCUT2D eigenvalue weighted by atomic mass is 9.92. The lowest BCUT2D eigenvalue weighted by Gasteiger charge is -2.13. The van der Waals surface area contributed by atoms with Crippen molar-refractivity contribution < 1.29 is 4.79 Å².